The fourth-order valence-corrected chi connectivity index (χ4v) is 5.58. The minimum absolute atomic E-state index is 0.0233. The molecule has 0 atom stereocenters. The maximum Gasteiger partial charge on any atom is 0.343 e. The molecule has 2 aromatic rings. The molecule has 30 heavy (non-hydrogen) atoms. The van der Waals surface area contributed by atoms with E-state index in [9.17, 15) is 9.59 Å². The Morgan fingerprint density at radius 1 is 0.933 bits per heavy atom. The number of esters is 2. The average Bonchev–Trinajstić information content (AvgIpc) is 2.74. The molecule has 0 bridgehead atoms. The summed E-state index contributed by atoms with van der Waals surface area (Å²) in [6, 6.07) is 12.4. The van der Waals surface area contributed by atoms with Crippen molar-refractivity contribution in [3.05, 3.63) is 59.2 Å². The molecule has 2 aromatic carbocycles. The number of thioether (sulfide) groups is 1. The number of carbonyl (C=O) groups is 2. The molecule has 158 valence electrons. The Morgan fingerprint density at radius 2 is 1.63 bits per heavy atom. The number of carbonyl (C=O) groups excluding carboxylic acids is 2. The van der Waals surface area contributed by atoms with Crippen LogP contribution in [0.1, 0.15) is 78.7 Å². The molecule has 5 heteroatoms. The average molecular weight is 425 g/mol. The van der Waals surface area contributed by atoms with Gasteiger partial charge in [0.15, 0.2) is 0 Å². The number of hydrogen-bond donors (Lipinski definition) is 0. The Kier molecular flexibility index (Phi) is 6.19. The molecule has 1 heterocycles. The zero-order valence-electron chi connectivity index (χ0n) is 17.6. The lowest BCUT2D eigenvalue weighted by Gasteiger charge is -2.32. The topological polar surface area (TPSA) is 52.6 Å². The molecule has 2 aliphatic rings. The van der Waals surface area contributed by atoms with Crippen LogP contribution in [-0.2, 0) is 10.2 Å². The molecule has 1 aliphatic carbocycles. The van der Waals surface area contributed by atoms with Gasteiger partial charge in [-0.2, -0.15) is 0 Å². The Labute approximate surface area is 182 Å². The van der Waals surface area contributed by atoms with Crippen molar-refractivity contribution >= 4 is 23.7 Å². The van der Waals surface area contributed by atoms with Crippen LogP contribution in [-0.4, -0.2) is 23.8 Å². The molecule has 1 aliphatic heterocycles. The first-order valence-electron chi connectivity index (χ1n) is 10.7. The molecule has 1 fully saturated rings. The number of fused-ring (bicyclic) bond motifs is 1. The summed E-state index contributed by atoms with van der Waals surface area (Å²) in [7, 11) is 0. The van der Waals surface area contributed by atoms with Crippen molar-refractivity contribution in [3.63, 3.8) is 0 Å². The third kappa shape index (κ3) is 4.72. The van der Waals surface area contributed by atoms with Gasteiger partial charge in [0.25, 0.3) is 0 Å². The first-order chi connectivity index (χ1) is 14.4. The van der Waals surface area contributed by atoms with E-state index in [1.54, 1.807) is 24.3 Å². The van der Waals surface area contributed by atoms with Gasteiger partial charge in [0.05, 0.1) is 11.1 Å². The highest BCUT2D eigenvalue weighted by Crippen LogP contribution is 2.41. The molecular weight excluding hydrogens is 396 g/mol. The lowest BCUT2D eigenvalue weighted by atomic mass is 9.81. The highest BCUT2D eigenvalue weighted by molar-refractivity contribution is 7.99. The predicted molar refractivity (Wildman–Crippen MR) is 118 cm³/mol. The molecule has 0 amide bonds. The third-order valence-electron chi connectivity index (χ3n) is 6.06. The lowest BCUT2D eigenvalue weighted by molar-refractivity contribution is 0.0211. The van der Waals surface area contributed by atoms with Crippen molar-refractivity contribution in [1.29, 1.82) is 0 Å². The summed E-state index contributed by atoms with van der Waals surface area (Å²) in [5, 5.41) is 0. The van der Waals surface area contributed by atoms with E-state index in [0.717, 1.165) is 37.9 Å². The van der Waals surface area contributed by atoms with Crippen LogP contribution in [0.2, 0.25) is 0 Å². The largest absolute Gasteiger partial charge is 0.459 e. The monoisotopic (exact) mass is 424 g/mol. The summed E-state index contributed by atoms with van der Waals surface area (Å²) in [5.74, 6) is 0.816. The fraction of sp³-hybridized carbons (Fsp3) is 0.440. The second-order valence-electron chi connectivity index (χ2n) is 8.77. The predicted octanol–water partition coefficient (Wildman–Crippen LogP) is 6.17. The molecule has 0 radical (unpaired) electrons. The van der Waals surface area contributed by atoms with Gasteiger partial charge in [-0.3, -0.25) is 0 Å². The van der Waals surface area contributed by atoms with Gasteiger partial charge in [0, 0.05) is 4.90 Å². The SMILES string of the molecule is CC1(C)CCSc2ccc(C(=O)Oc3ccc(C(=O)OC4CCCCC4)cc3)cc21. The first-order valence-corrected chi connectivity index (χ1v) is 11.7. The Bertz CT molecular complexity index is 927. The van der Waals surface area contributed by atoms with E-state index in [4.69, 9.17) is 9.47 Å². The van der Waals surface area contributed by atoms with E-state index in [-0.39, 0.29) is 23.5 Å². The molecular formula is C25H28O4S. The van der Waals surface area contributed by atoms with E-state index < -0.39 is 0 Å². The molecule has 0 spiro atoms. The minimum Gasteiger partial charge on any atom is -0.459 e. The molecule has 0 saturated heterocycles. The van der Waals surface area contributed by atoms with E-state index in [1.165, 1.54) is 16.9 Å². The van der Waals surface area contributed by atoms with Crippen molar-refractivity contribution in [2.75, 3.05) is 5.75 Å². The summed E-state index contributed by atoms with van der Waals surface area (Å²) in [5.41, 5.74) is 2.28. The van der Waals surface area contributed by atoms with Crippen LogP contribution < -0.4 is 4.74 Å². The van der Waals surface area contributed by atoms with Gasteiger partial charge in [0.1, 0.15) is 11.9 Å². The standard InChI is InChI=1S/C25H28O4S/c1-25(2)14-15-30-22-13-10-18(16-21(22)25)24(27)29-20-11-8-17(9-12-20)23(26)28-19-6-4-3-5-7-19/h8-13,16,19H,3-7,14-15H2,1-2H3. The van der Waals surface area contributed by atoms with Crippen molar-refractivity contribution in [3.8, 4) is 5.75 Å². The second kappa shape index (κ2) is 8.84. The number of benzene rings is 2. The van der Waals surface area contributed by atoms with E-state index >= 15 is 0 Å². The Hall–Kier alpha value is -2.27. The number of ether oxygens (including phenoxy) is 2. The van der Waals surface area contributed by atoms with Crippen LogP contribution in [0.5, 0.6) is 5.75 Å². The van der Waals surface area contributed by atoms with Crippen molar-refractivity contribution < 1.29 is 19.1 Å². The quantitative estimate of drug-likeness (QED) is 0.434. The molecule has 0 unspecified atom stereocenters. The Balaban J connectivity index is 1.41. The maximum atomic E-state index is 12.7. The van der Waals surface area contributed by atoms with Gasteiger partial charge < -0.3 is 9.47 Å². The van der Waals surface area contributed by atoms with Crippen LogP contribution in [0.25, 0.3) is 0 Å². The summed E-state index contributed by atoms with van der Waals surface area (Å²) in [4.78, 5) is 26.2. The van der Waals surface area contributed by atoms with Crippen molar-refractivity contribution in [2.24, 2.45) is 0 Å². The lowest BCUT2D eigenvalue weighted by Crippen LogP contribution is -2.23. The highest BCUT2D eigenvalue weighted by atomic mass is 32.2. The summed E-state index contributed by atoms with van der Waals surface area (Å²) in [6.45, 7) is 4.43. The third-order valence-corrected chi connectivity index (χ3v) is 7.13. The molecule has 4 rings (SSSR count). The van der Waals surface area contributed by atoms with Crippen LogP contribution >= 0.6 is 11.8 Å². The highest BCUT2D eigenvalue weighted by Gasteiger charge is 2.29. The number of rotatable bonds is 4. The minimum atomic E-state index is -0.387. The Morgan fingerprint density at radius 3 is 2.37 bits per heavy atom. The van der Waals surface area contributed by atoms with E-state index in [2.05, 4.69) is 13.8 Å². The van der Waals surface area contributed by atoms with Gasteiger partial charge in [-0.05, 0) is 91.3 Å². The normalized spacial score (nSPS) is 18.3. The summed E-state index contributed by atoms with van der Waals surface area (Å²) >= 11 is 1.84. The first kappa shape index (κ1) is 21.0. The van der Waals surface area contributed by atoms with Gasteiger partial charge in [-0.15, -0.1) is 11.8 Å². The summed E-state index contributed by atoms with van der Waals surface area (Å²) in [6.07, 6.45) is 6.44. The zero-order chi connectivity index (χ0) is 21.1. The fourth-order valence-electron chi connectivity index (χ4n) is 4.09. The van der Waals surface area contributed by atoms with Crippen LogP contribution in [0.15, 0.2) is 47.4 Å². The zero-order valence-corrected chi connectivity index (χ0v) is 18.4. The maximum absolute atomic E-state index is 12.7. The second-order valence-corrected chi connectivity index (χ2v) is 9.91. The van der Waals surface area contributed by atoms with Gasteiger partial charge in [0.2, 0.25) is 0 Å². The smallest absolute Gasteiger partial charge is 0.343 e. The van der Waals surface area contributed by atoms with Crippen LogP contribution in [0, 0.1) is 0 Å². The molecule has 4 nitrogen and oxygen atoms in total. The van der Waals surface area contributed by atoms with Gasteiger partial charge in [-0.25, -0.2) is 9.59 Å². The van der Waals surface area contributed by atoms with Crippen LogP contribution in [0.3, 0.4) is 0 Å². The van der Waals surface area contributed by atoms with Crippen molar-refractivity contribution in [1.82, 2.24) is 0 Å². The van der Waals surface area contributed by atoms with E-state index in [0.29, 0.717) is 16.9 Å². The molecule has 0 aromatic heterocycles. The van der Waals surface area contributed by atoms with Crippen LogP contribution in [0.4, 0.5) is 0 Å². The molecule has 0 N–H and O–H groups in total. The molecule has 1 saturated carbocycles. The summed E-state index contributed by atoms with van der Waals surface area (Å²) < 4.78 is 11.1. The van der Waals surface area contributed by atoms with Gasteiger partial charge in [-0.1, -0.05) is 20.3 Å². The van der Waals surface area contributed by atoms with E-state index in [1.807, 2.05) is 30.0 Å². The van der Waals surface area contributed by atoms with Gasteiger partial charge >= 0.3 is 11.9 Å². The van der Waals surface area contributed by atoms with Crippen molar-refractivity contribution in [2.45, 2.75) is 68.8 Å². The number of hydrogen-bond acceptors (Lipinski definition) is 5.